The van der Waals surface area contributed by atoms with Crippen LogP contribution in [0.25, 0.3) is 10.8 Å². The summed E-state index contributed by atoms with van der Waals surface area (Å²) in [5, 5.41) is 1.93. The van der Waals surface area contributed by atoms with E-state index in [0.29, 0.717) is 0 Å². The summed E-state index contributed by atoms with van der Waals surface area (Å²) >= 11 is 2.25. The minimum Gasteiger partial charge on any atom is -0.207 e. The molecule has 2 aromatic carbocycles. The zero-order chi connectivity index (χ0) is 15.3. The van der Waals surface area contributed by atoms with Gasteiger partial charge in [0.2, 0.25) is 0 Å². The summed E-state index contributed by atoms with van der Waals surface area (Å²) in [4.78, 5) is 0.140. The van der Waals surface area contributed by atoms with Crippen LogP contribution < -0.4 is 0 Å². The Bertz CT molecular complexity index is 694. The van der Waals surface area contributed by atoms with Crippen molar-refractivity contribution in [1.82, 2.24) is 0 Å². The lowest BCUT2D eigenvalue weighted by atomic mass is 10.1. The predicted molar refractivity (Wildman–Crippen MR) is 95.0 cm³/mol. The molecule has 0 aliphatic heterocycles. The van der Waals surface area contributed by atoms with Crippen LogP contribution in [0.2, 0.25) is 0 Å². The summed E-state index contributed by atoms with van der Waals surface area (Å²) < 4.78 is 23.5. The monoisotopic (exact) mass is 424 g/mol. The van der Waals surface area contributed by atoms with E-state index in [0.717, 1.165) is 14.3 Å². The molecule has 0 amide bonds. The first-order valence-electron chi connectivity index (χ1n) is 6.44. The summed E-state index contributed by atoms with van der Waals surface area (Å²) in [5.41, 5.74) is 1.18. The second-order valence-corrected chi connectivity index (χ2v) is 8.16. The van der Waals surface area contributed by atoms with Crippen molar-refractivity contribution in [3.05, 3.63) is 39.5 Å². The number of hydrogen-bond acceptors (Lipinski definition) is 2. The number of benzene rings is 2. The number of halogens is 2. The van der Waals surface area contributed by atoms with E-state index >= 15 is 0 Å². The van der Waals surface area contributed by atoms with Crippen molar-refractivity contribution in [2.75, 3.05) is 0 Å². The van der Waals surface area contributed by atoms with Gasteiger partial charge in [0.25, 0.3) is 9.05 Å². The first-order valence-corrected chi connectivity index (χ1v) is 9.83. The fraction of sp³-hybridized carbons (Fsp3) is 0.333. The molecule has 0 spiro atoms. The zero-order valence-corrected chi connectivity index (χ0v) is 15.5. The van der Waals surface area contributed by atoms with E-state index in [9.17, 15) is 8.42 Å². The van der Waals surface area contributed by atoms with Gasteiger partial charge < -0.3 is 0 Å². The zero-order valence-electron chi connectivity index (χ0n) is 11.8. The highest BCUT2D eigenvalue weighted by molar-refractivity contribution is 14.1. The normalized spacial score (nSPS) is 11.1. The van der Waals surface area contributed by atoms with E-state index in [1.165, 1.54) is 24.5 Å². The van der Waals surface area contributed by atoms with Crippen molar-refractivity contribution in [1.29, 1.82) is 0 Å². The maximum Gasteiger partial charge on any atom is 0.261 e. The fourth-order valence-electron chi connectivity index (χ4n) is 1.53. The average Bonchev–Trinajstić information content (AvgIpc) is 2.42. The fourth-order valence-corrected chi connectivity index (χ4v) is 2.99. The third-order valence-electron chi connectivity index (χ3n) is 2.90. The molecule has 2 aromatic rings. The molecule has 2 rings (SSSR count). The van der Waals surface area contributed by atoms with E-state index in [-0.39, 0.29) is 4.90 Å². The van der Waals surface area contributed by atoms with Crippen LogP contribution in [0.3, 0.4) is 0 Å². The van der Waals surface area contributed by atoms with E-state index in [2.05, 4.69) is 36.4 Å². The van der Waals surface area contributed by atoms with Crippen molar-refractivity contribution >= 4 is 53.1 Å². The Morgan fingerprint density at radius 1 is 1.10 bits per heavy atom. The minimum absolute atomic E-state index is 0.140. The van der Waals surface area contributed by atoms with Gasteiger partial charge in [-0.05, 0) is 58.0 Å². The molecule has 0 atom stereocenters. The van der Waals surface area contributed by atoms with Crippen molar-refractivity contribution in [3.8, 4) is 0 Å². The van der Waals surface area contributed by atoms with Gasteiger partial charge in [0.05, 0.1) is 4.90 Å². The van der Waals surface area contributed by atoms with E-state index in [1.807, 2.05) is 19.1 Å². The lowest BCUT2D eigenvalue weighted by molar-refractivity contribution is 0.609. The molecule has 5 heteroatoms. The molecule has 0 aliphatic carbocycles. The molecule has 0 saturated carbocycles. The number of rotatable bonds is 2. The third-order valence-corrected chi connectivity index (χ3v) is 5.68. The van der Waals surface area contributed by atoms with Crippen LogP contribution >= 0.6 is 33.3 Å². The van der Waals surface area contributed by atoms with Gasteiger partial charge in [-0.15, -0.1) is 0 Å². The molecule has 0 radical (unpaired) electrons. The Balaban J connectivity index is 0.000000444. The smallest absolute Gasteiger partial charge is 0.207 e. The van der Waals surface area contributed by atoms with Crippen molar-refractivity contribution in [2.24, 2.45) is 0 Å². The number of aryl methyl sites for hydroxylation is 1. The highest BCUT2D eigenvalue weighted by atomic mass is 127. The van der Waals surface area contributed by atoms with Crippen LogP contribution in [-0.4, -0.2) is 8.42 Å². The number of fused-ring (bicyclic) bond motifs is 1. The van der Waals surface area contributed by atoms with Gasteiger partial charge in [0.15, 0.2) is 0 Å². The second kappa shape index (κ2) is 7.61. The van der Waals surface area contributed by atoms with Gasteiger partial charge in [-0.25, -0.2) is 8.42 Å². The first-order chi connectivity index (χ1) is 9.31. The molecule has 0 N–H and O–H groups in total. The largest absolute Gasteiger partial charge is 0.261 e. The van der Waals surface area contributed by atoms with E-state index in [4.69, 9.17) is 10.7 Å². The maximum absolute atomic E-state index is 11.2. The van der Waals surface area contributed by atoms with E-state index < -0.39 is 9.05 Å². The molecule has 0 heterocycles. The van der Waals surface area contributed by atoms with Gasteiger partial charge in [-0.3, -0.25) is 0 Å². The number of unbranched alkanes of at least 4 members (excludes halogenated alkanes) is 1. The quantitative estimate of drug-likeness (QED) is 0.472. The summed E-state index contributed by atoms with van der Waals surface area (Å²) in [7, 11) is 1.65. The number of hydrogen-bond donors (Lipinski definition) is 0. The molecular weight excluding hydrogens is 407 g/mol. The van der Waals surface area contributed by atoms with Crippen LogP contribution in [0, 0.1) is 10.5 Å². The van der Waals surface area contributed by atoms with Gasteiger partial charge in [-0.1, -0.05) is 44.9 Å². The molecule has 20 heavy (non-hydrogen) atoms. The summed E-state index contributed by atoms with van der Waals surface area (Å²) in [6.07, 6.45) is 2.64. The highest BCUT2D eigenvalue weighted by Crippen LogP contribution is 2.27. The van der Waals surface area contributed by atoms with Crippen LogP contribution in [0.15, 0.2) is 35.2 Å². The first kappa shape index (κ1) is 17.7. The SMILES string of the molecule is CCCC.Cc1ccc2cc(S(=O)(=O)Cl)ccc2c1I. The van der Waals surface area contributed by atoms with Gasteiger partial charge in [0, 0.05) is 14.3 Å². The van der Waals surface area contributed by atoms with Crippen LogP contribution in [0.5, 0.6) is 0 Å². The molecule has 0 aliphatic rings. The topological polar surface area (TPSA) is 34.1 Å². The summed E-state index contributed by atoms with van der Waals surface area (Å²) in [6.45, 7) is 6.38. The Kier molecular flexibility index (Phi) is 6.75. The molecule has 0 bridgehead atoms. The molecule has 0 saturated heterocycles. The molecule has 0 aromatic heterocycles. The van der Waals surface area contributed by atoms with Gasteiger partial charge in [0.1, 0.15) is 0 Å². The molecule has 0 unspecified atom stereocenters. The van der Waals surface area contributed by atoms with Gasteiger partial charge in [-0.2, -0.15) is 0 Å². The lowest BCUT2D eigenvalue weighted by Crippen LogP contribution is -1.91. The van der Waals surface area contributed by atoms with Crippen molar-refractivity contribution in [3.63, 3.8) is 0 Å². The average molecular weight is 425 g/mol. The van der Waals surface area contributed by atoms with Crippen molar-refractivity contribution < 1.29 is 8.42 Å². The predicted octanol–water partition coefficient (Wildman–Crippen LogP) is 5.49. The summed E-state index contributed by atoms with van der Waals surface area (Å²) in [5.74, 6) is 0. The Hall–Kier alpha value is -0.330. The second-order valence-electron chi connectivity index (χ2n) is 4.52. The van der Waals surface area contributed by atoms with E-state index in [1.54, 1.807) is 12.1 Å². The molecule has 110 valence electrons. The van der Waals surface area contributed by atoms with Gasteiger partial charge >= 0.3 is 0 Å². The van der Waals surface area contributed by atoms with Crippen molar-refractivity contribution in [2.45, 2.75) is 38.5 Å². The standard InChI is InChI=1S/C11H8ClIO2S.C4H10/c1-7-2-3-8-6-9(16(12,14)15)4-5-10(8)11(7)13;1-3-4-2/h2-6H,1H3;3-4H2,1-2H3. The highest BCUT2D eigenvalue weighted by Gasteiger charge is 2.11. The molecule has 2 nitrogen and oxygen atoms in total. The van der Waals surface area contributed by atoms with Crippen LogP contribution in [-0.2, 0) is 9.05 Å². The lowest BCUT2D eigenvalue weighted by Gasteiger charge is -2.05. The molecular formula is C15H18ClIO2S. The van der Waals surface area contributed by atoms with Crippen LogP contribution in [0.1, 0.15) is 32.3 Å². The maximum atomic E-state index is 11.2. The Morgan fingerprint density at radius 3 is 2.20 bits per heavy atom. The molecule has 0 fully saturated rings. The van der Waals surface area contributed by atoms with Crippen LogP contribution in [0.4, 0.5) is 0 Å². The minimum atomic E-state index is -3.65. The summed E-state index contributed by atoms with van der Waals surface area (Å²) in [6, 6.07) is 8.79. The third kappa shape index (κ3) is 4.60. The Labute approximate surface area is 139 Å². The Morgan fingerprint density at radius 2 is 1.70 bits per heavy atom.